The molecule has 1 N–H and O–H groups in total. The number of ether oxygens (including phenoxy) is 1. The molecule has 0 bridgehead atoms. The largest absolute Gasteiger partial charge is 0.425 e. The predicted molar refractivity (Wildman–Crippen MR) is 120 cm³/mol. The Morgan fingerprint density at radius 2 is 2.09 bits per heavy atom. The van der Waals surface area contributed by atoms with Gasteiger partial charge in [-0.25, -0.2) is 4.79 Å². The molecule has 2 aliphatic heterocycles. The normalized spacial score (nSPS) is 19.0. The molecular formula is C21H21ClF3N5O2S. The first-order chi connectivity index (χ1) is 15.7. The number of halogens is 4. The molecule has 0 aliphatic carbocycles. The summed E-state index contributed by atoms with van der Waals surface area (Å²) in [6.45, 7) is 2.75. The molecule has 0 fully saturated rings. The van der Waals surface area contributed by atoms with E-state index in [-0.39, 0.29) is 12.8 Å². The monoisotopic (exact) mass is 499 g/mol. The molecule has 12 heteroatoms. The van der Waals surface area contributed by atoms with E-state index in [1.165, 1.54) is 10.6 Å². The van der Waals surface area contributed by atoms with Crippen molar-refractivity contribution in [2.45, 2.75) is 32.3 Å². The number of dihydropyridines is 1. The van der Waals surface area contributed by atoms with E-state index < -0.39 is 16.7 Å². The maximum absolute atomic E-state index is 12.8. The number of aromatic nitrogens is 3. The highest BCUT2D eigenvalue weighted by molar-refractivity contribution is 7.12. The van der Waals surface area contributed by atoms with Crippen molar-refractivity contribution in [3.8, 4) is 0 Å². The molecule has 0 amide bonds. The van der Waals surface area contributed by atoms with Gasteiger partial charge in [0.15, 0.2) is 6.23 Å². The first-order valence-electron chi connectivity index (χ1n) is 10.1. The average molecular weight is 500 g/mol. The fourth-order valence-electron chi connectivity index (χ4n) is 3.58. The molecule has 4 heterocycles. The van der Waals surface area contributed by atoms with Crippen LogP contribution in [0.15, 0.2) is 51.5 Å². The van der Waals surface area contributed by atoms with Gasteiger partial charge < -0.3 is 15.0 Å². The van der Waals surface area contributed by atoms with Crippen LogP contribution in [0.25, 0.3) is 0 Å². The topological polar surface area (TPSA) is 72.3 Å². The summed E-state index contributed by atoms with van der Waals surface area (Å²) in [6, 6.07) is 2.39. The number of rotatable bonds is 5. The second-order valence-corrected chi connectivity index (χ2v) is 9.13. The molecule has 2 aromatic heterocycles. The second-order valence-electron chi connectivity index (χ2n) is 7.52. The minimum Gasteiger partial charge on any atom is -0.357 e. The lowest BCUT2D eigenvalue weighted by atomic mass is 10.0. The van der Waals surface area contributed by atoms with Crippen molar-refractivity contribution in [1.82, 2.24) is 19.9 Å². The smallest absolute Gasteiger partial charge is 0.357 e. The van der Waals surface area contributed by atoms with Gasteiger partial charge in [0.25, 0.3) is 0 Å². The molecule has 4 rings (SSSR count). The third kappa shape index (κ3) is 5.15. The lowest BCUT2D eigenvalue weighted by Crippen LogP contribution is -2.37. The zero-order valence-corrected chi connectivity index (χ0v) is 19.4. The molecule has 0 spiro atoms. The summed E-state index contributed by atoms with van der Waals surface area (Å²) < 4.78 is 45.1. The highest BCUT2D eigenvalue weighted by Gasteiger charge is 2.32. The lowest BCUT2D eigenvalue weighted by molar-refractivity contribution is -0.134. The van der Waals surface area contributed by atoms with Crippen LogP contribution in [-0.2, 0) is 17.5 Å². The minimum absolute atomic E-state index is 0.00763. The molecule has 176 valence electrons. The zero-order valence-electron chi connectivity index (χ0n) is 17.8. The Hall–Kier alpha value is -2.63. The summed E-state index contributed by atoms with van der Waals surface area (Å²) >= 11 is 6.72. The highest BCUT2D eigenvalue weighted by Crippen LogP contribution is 2.34. The van der Waals surface area contributed by atoms with Gasteiger partial charge in [0, 0.05) is 30.8 Å². The quantitative estimate of drug-likeness (QED) is 0.675. The van der Waals surface area contributed by atoms with Gasteiger partial charge in [-0.15, -0.1) is 11.3 Å². The number of hydrogen-bond acceptors (Lipinski definition) is 7. The molecule has 1 atom stereocenters. The molecule has 0 radical (unpaired) electrons. The molecule has 7 nitrogen and oxygen atoms in total. The Bertz CT molecular complexity index is 1200. The van der Waals surface area contributed by atoms with Crippen molar-refractivity contribution < 1.29 is 17.9 Å². The van der Waals surface area contributed by atoms with E-state index in [9.17, 15) is 18.0 Å². The van der Waals surface area contributed by atoms with Crippen LogP contribution < -0.4 is 15.9 Å². The van der Waals surface area contributed by atoms with Crippen molar-refractivity contribution >= 4 is 28.9 Å². The van der Waals surface area contributed by atoms with Gasteiger partial charge in [-0.1, -0.05) is 17.7 Å². The number of nitrogens with zero attached hydrogens (tertiary/aromatic N) is 4. The van der Waals surface area contributed by atoms with Crippen LogP contribution in [0.1, 0.15) is 22.0 Å². The Labute approximate surface area is 196 Å². The lowest BCUT2D eigenvalue weighted by Gasteiger charge is -2.30. The van der Waals surface area contributed by atoms with Crippen LogP contribution >= 0.6 is 22.9 Å². The number of alkyl halides is 3. The molecule has 0 saturated heterocycles. The summed E-state index contributed by atoms with van der Waals surface area (Å²) in [7, 11) is 1.57. The van der Waals surface area contributed by atoms with Crippen molar-refractivity contribution in [2.24, 2.45) is 0 Å². The summed E-state index contributed by atoms with van der Waals surface area (Å²) in [4.78, 5) is 22.7. The number of thiophene rings is 1. The number of nitrogens with one attached hydrogen (secondary N) is 1. The van der Waals surface area contributed by atoms with E-state index in [0.717, 1.165) is 17.3 Å². The van der Waals surface area contributed by atoms with Gasteiger partial charge in [0.2, 0.25) is 5.95 Å². The van der Waals surface area contributed by atoms with Gasteiger partial charge in [0.05, 0.1) is 11.6 Å². The first kappa shape index (κ1) is 23.5. The minimum atomic E-state index is -4.40. The Kier molecular flexibility index (Phi) is 6.64. The van der Waals surface area contributed by atoms with E-state index >= 15 is 0 Å². The van der Waals surface area contributed by atoms with Gasteiger partial charge in [0.1, 0.15) is 10.7 Å². The van der Waals surface area contributed by atoms with E-state index in [2.05, 4.69) is 15.3 Å². The standard InChI is InChI=1S/C21H21ClF3N5O2S/c1-12-26-19(28-20(31)30(12)11-14-3-6-17(33-14)21(23,24)25)29-9-7-13(8-10-29)16-5-4-15(22)18(27-16)32-2/h3-7,18,27H,8-11H2,1-2H3. The fraction of sp³-hybridized carbons (Fsp3) is 0.381. The van der Waals surface area contributed by atoms with E-state index in [4.69, 9.17) is 16.3 Å². The van der Waals surface area contributed by atoms with Crippen LogP contribution in [0, 0.1) is 6.92 Å². The summed E-state index contributed by atoms with van der Waals surface area (Å²) in [5.41, 5.74) is 1.47. The van der Waals surface area contributed by atoms with Crippen LogP contribution in [0.2, 0.25) is 0 Å². The van der Waals surface area contributed by atoms with E-state index in [0.29, 0.717) is 52.5 Å². The Morgan fingerprint density at radius 3 is 2.70 bits per heavy atom. The summed E-state index contributed by atoms with van der Waals surface area (Å²) in [6.07, 6.45) is 1.63. The zero-order chi connectivity index (χ0) is 23.8. The first-order valence-corrected chi connectivity index (χ1v) is 11.3. The van der Waals surface area contributed by atoms with Crippen LogP contribution in [0.3, 0.4) is 0 Å². The van der Waals surface area contributed by atoms with Gasteiger partial charge in [-0.2, -0.15) is 23.1 Å². The fourth-order valence-corrected chi connectivity index (χ4v) is 4.65. The van der Waals surface area contributed by atoms with E-state index in [1.807, 2.05) is 17.1 Å². The van der Waals surface area contributed by atoms with Crippen LogP contribution in [0.5, 0.6) is 0 Å². The molecule has 2 aromatic rings. The Morgan fingerprint density at radius 1 is 1.30 bits per heavy atom. The molecule has 33 heavy (non-hydrogen) atoms. The van der Waals surface area contributed by atoms with Crippen molar-refractivity contribution in [3.05, 3.63) is 72.7 Å². The SMILES string of the molecule is COC1NC(C2=CCN(c3nc(C)n(Cc4ccc(C(F)(F)F)s4)c(=O)n3)CC2)=CC=C1Cl. The number of aryl methyl sites for hydroxylation is 1. The van der Waals surface area contributed by atoms with Gasteiger partial charge in [-0.3, -0.25) is 4.57 Å². The number of hydrogen-bond donors (Lipinski definition) is 1. The number of methoxy groups -OCH3 is 1. The van der Waals surface area contributed by atoms with Gasteiger partial charge in [-0.05, 0) is 43.2 Å². The Balaban J connectivity index is 1.48. The van der Waals surface area contributed by atoms with E-state index in [1.54, 1.807) is 20.1 Å². The molecular weight excluding hydrogens is 479 g/mol. The highest BCUT2D eigenvalue weighted by atomic mass is 35.5. The average Bonchev–Trinajstić information content (AvgIpc) is 3.26. The predicted octanol–water partition coefficient (Wildman–Crippen LogP) is 3.79. The molecule has 2 aliphatic rings. The van der Waals surface area contributed by atoms with Crippen LogP contribution in [-0.4, -0.2) is 41.0 Å². The molecule has 0 saturated carbocycles. The molecule has 1 unspecified atom stereocenters. The molecule has 0 aromatic carbocycles. The summed E-state index contributed by atoms with van der Waals surface area (Å²) in [5, 5.41) is 3.81. The van der Waals surface area contributed by atoms with Crippen molar-refractivity contribution in [2.75, 3.05) is 25.1 Å². The number of anilines is 1. The van der Waals surface area contributed by atoms with Crippen molar-refractivity contribution in [3.63, 3.8) is 0 Å². The van der Waals surface area contributed by atoms with Gasteiger partial charge >= 0.3 is 11.9 Å². The number of allylic oxidation sites excluding steroid dienone is 3. The maximum Gasteiger partial charge on any atom is 0.425 e. The summed E-state index contributed by atoms with van der Waals surface area (Å²) in [5.74, 6) is 0.690. The third-order valence-electron chi connectivity index (χ3n) is 5.35. The third-order valence-corrected chi connectivity index (χ3v) is 6.79. The van der Waals surface area contributed by atoms with Crippen LogP contribution in [0.4, 0.5) is 19.1 Å². The second kappa shape index (κ2) is 9.32. The maximum atomic E-state index is 12.8. The van der Waals surface area contributed by atoms with Crippen molar-refractivity contribution in [1.29, 1.82) is 0 Å².